The molecule has 26 heavy (non-hydrogen) atoms. The number of nitrogens with one attached hydrogen (secondary N) is 1. The topological polar surface area (TPSA) is 84.9 Å². The fourth-order valence-corrected chi connectivity index (χ4v) is 2.37. The number of carboxylic acid groups (broad SMARTS) is 1. The molecule has 2 aromatic carbocycles. The largest absolute Gasteiger partial charge is 0.497 e. The number of amides is 1. The molecule has 0 aliphatic carbocycles. The van der Waals surface area contributed by atoms with Gasteiger partial charge in [-0.15, -0.1) is 0 Å². The highest BCUT2D eigenvalue weighted by atomic mass is 16.5. The highest BCUT2D eigenvalue weighted by molar-refractivity contribution is 5.85. The second-order valence-corrected chi connectivity index (χ2v) is 5.90. The van der Waals surface area contributed by atoms with Crippen molar-refractivity contribution in [1.82, 2.24) is 5.32 Å². The predicted molar refractivity (Wildman–Crippen MR) is 97.2 cm³/mol. The van der Waals surface area contributed by atoms with Crippen LogP contribution >= 0.6 is 0 Å². The molecule has 2 rings (SSSR count). The van der Waals surface area contributed by atoms with Gasteiger partial charge in [-0.2, -0.15) is 0 Å². The number of rotatable bonds is 9. The molecule has 2 aromatic rings. The Kier molecular flexibility index (Phi) is 7.02. The first-order valence-corrected chi connectivity index (χ1v) is 8.36. The van der Waals surface area contributed by atoms with Crippen LogP contribution in [0.3, 0.4) is 0 Å². The molecule has 0 aromatic heterocycles. The van der Waals surface area contributed by atoms with Crippen molar-refractivity contribution >= 4 is 11.9 Å². The fraction of sp³-hybridized carbons (Fsp3) is 0.300. The van der Waals surface area contributed by atoms with E-state index in [-0.39, 0.29) is 11.8 Å². The number of benzene rings is 2. The number of methoxy groups -OCH3 is 1. The van der Waals surface area contributed by atoms with E-state index in [0.717, 1.165) is 5.75 Å². The molecule has 1 amide bonds. The summed E-state index contributed by atoms with van der Waals surface area (Å²) >= 11 is 0. The average Bonchev–Trinajstić information content (AvgIpc) is 2.66. The summed E-state index contributed by atoms with van der Waals surface area (Å²) in [5.41, 5.74) is 0.486. The SMILES string of the molecule is COc1ccc(C(NC(=O)C(C)CCOc2ccccc2)C(=O)O)cc1. The minimum atomic E-state index is -1.11. The number of carbonyl (C=O) groups is 2. The van der Waals surface area contributed by atoms with Crippen molar-refractivity contribution in [2.75, 3.05) is 13.7 Å². The Morgan fingerprint density at radius 3 is 2.27 bits per heavy atom. The lowest BCUT2D eigenvalue weighted by Gasteiger charge is -2.18. The van der Waals surface area contributed by atoms with Crippen LogP contribution in [0.25, 0.3) is 0 Å². The summed E-state index contributed by atoms with van der Waals surface area (Å²) in [5.74, 6) is -0.461. The number of ether oxygens (including phenoxy) is 2. The van der Waals surface area contributed by atoms with E-state index in [9.17, 15) is 14.7 Å². The van der Waals surface area contributed by atoms with Gasteiger partial charge in [0.2, 0.25) is 5.91 Å². The first-order valence-electron chi connectivity index (χ1n) is 8.36. The van der Waals surface area contributed by atoms with Gasteiger partial charge in [0.15, 0.2) is 6.04 Å². The quantitative estimate of drug-likeness (QED) is 0.720. The van der Waals surface area contributed by atoms with Crippen LogP contribution in [0.4, 0.5) is 0 Å². The van der Waals surface area contributed by atoms with E-state index in [4.69, 9.17) is 9.47 Å². The number of para-hydroxylation sites is 1. The van der Waals surface area contributed by atoms with E-state index in [0.29, 0.717) is 24.3 Å². The highest BCUT2D eigenvalue weighted by Gasteiger charge is 2.24. The summed E-state index contributed by atoms with van der Waals surface area (Å²) in [6.45, 7) is 2.12. The molecule has 0 heterocycles. The van der Waals surface area contributed by atoms with Crippen molar-refractivity contribution in [3.05, 3.63) is 60.2 Å². The maximum absolute atomic E-state index is 12.3. The zero-order chi connectivity index (χ0) is 18.9. The molecule has 2 unspecified atom stereocenters. The molecule has 138 valence electrons. The second kappa shape index (κ2) is 9.46. The lowest BCUT2D eigenvalue weighted by Crippen LogP contribution is -2.37. The standard InChI is InChI=1S/C20H23NO5/c1-14(12-13-26-17-6-4-3-5-7-17)19(22)21-18(20(23)24)15-8-10-16(25-2)11-9-15/h3-11,14,18H,12-13H2,1-2H3,(H,21,22)(H,23,24). The van der Waals surface area contributed by atoms with Gasteiger partial charge in [-0.3, -0.25) is 4.79 Å². The van der Waals surface area contributed by atoms with Crippen LogP contribution in [0.1, 0.15) is 24.9 Å². The minimum absolute atomic E-state index is 0.329. The van der Waals surface area contributed by atoms with Crippen molar-refractivity contribution in [2.24, 2.45) is 5.92 Å². The molecular weight excluding hydrogens is 334 g/mol. The summed E-state index contributed by atoms with van der Waals surface area (Å²) in [4.78, 5) is 23.9. The number of carbonyl (C=O) groups excluding carboxylic acids is 1. The van der Waals surface area contributed by atoms with Gasteiger partial charge in [-0.1, -0.05) is 37.3 Å². The minimum Gasteiger partial charge on any atom is -0.497 e. The molecule has 0 saturated carbocycles. The zero-order valence-electron chi connectivity index (χ0n) is 14.8. The van der Waals surface area contributed by atoms with E-state index >= 15 is 0 Å². The normalized spacial score (nSPS) is 12.7. The molecule has 2 N–H and O–H groups in total. The summed E-state index contributed by atoms with van der Waals surface area (Å²) in [7, 11) is 1.53. The van der Waals surface area contributed by atoms with E-state index in [1.54, 1.807) is 31.2 Å². The van der Waals surface area contributed by atoms with Crippen molar-refractivity contribution < 1.29 is 24.2 Å². The molecule has 2 atom stereocenters. The molecule has 0 aliphatic heterocycles. The number of hydrogen-bond donors (Lipinski definition) is 2. The summed E-state index contributed by atoms with van der Waals surface area (Å²) < 4.78 is 10.6. The second-order valence-electron chi connectivity index (χ2n) is 5.90. The first kappa shape index (κ1) is 19.3. The zero-order valence-corrected chi connectivity index (χ0v) is 14.8. The van der Waals surface area contributed by atoms with Crippen molar-refractivity contribution in [2.45, 2.75) is 19.4 Å². The van der Waals surface area contributed by atoms with Crippen molar-refractivity contribution in [1.29, 1.82) is 0 Å². The van der Waals surface area contributed by atoms with Crippen LogP contribution in [-0.2, 0) is 9.59 Å². The van der Waals surface area contributed by atoms with E-state index < -0.39 is 12.0 Å². The van der Waals surface area contributed by atoms with Gasteiger partial charge in [0.25, 0.3) is 0 Å². The van der Waals surface area contributed by atoms with Crippen molar-refractivity contribution in [3.63, 3.8) is 0 Å². The maximum Gasteiger partial charge on any atom is 0.330 e. The molecule has 0 bridgehead atoms. The van der Waals surface area contributed by atoms with Crippen LogP contribution in [-0.4, -0.2) is 30.7 Å². The number of hydrogen-bond acceptors (Lipinski definition) is 4. The smallest absolute Gasteiger partial charge is 0.330 e. The maximum atomic E-state index is 12.3. The molecule has 0 aliphatic rings. The monoisotopic (exact) mass is 357 g/mol. The predicted octanol–water partition coefficient (Wildman–Crippen LogP) is 3.04. The number of carboxylic acids is 1. The van der Waals surface area contributed by atoms with Gasteiger partial charge in [0, 0.05) is 5.92 Å². The Morgan fingerprint density at radius 2 is 1.69 bits per heavy atom. The molecule has 0 fully saturated rings. The van der Waals surface area contributed by atoms with E-state index in [1.165, 1.54) is 7.11 Å². The summed E-state index contributed by atoms with van der Waals surface area (Å²) in [5, 5.41) is 12.0. The van der Waals surface area contributed by atoms with E-state index in [2.05, 4.69) is 5.32 Å². The Morgan fingerprint density at radius 1 is 1.04 bits per heavy atom. The van der Waals surface area contributed by atoms with Crippen LogP contribution in [0, 0.1) is 5.92 Å². The Bertz CT molecular complexity index is 715. The Balaban J connectivity index is 1.90. The lowest BCUT2D eigenvalue weighted by atomic mass is 10.0. The van der Waals surface area contributed by atoms with Gasteiger partial charge in [-0.05, 0) is 36.2 Å². The molecule has 0 radical (unpaired) electrons. The first-order chi connectivity index (χ1) is 12.5. The molecule has 6 nitrogen and oxygen atoms in total. The third-order valence-corrected chi connectivity index (χ3v) is 3.99. The third kappa shape index (κ3) is 5.51. The van der Waals surface area contributed by atoms with Gasteiger partial charge in [0.05, 0.1) is 13.7 Å². The van der Waals surface area contributed by atoms with Crippen LogP contribution in [0.2, 0.25) is 0 Å². The van der Waals surface area contributed by atoms with Gasteiger partial charge in [0.1, 0.15) is 11.5 Å². The van der Waals surface area contributed by atoms with Crippen LogP contribution in [0.5, 0.6) is 11.5 Å². The summed E-state index contributed by atoms with van der Waals surface area (Å²) in [6, 6.07) is 14.8. The van der Waals surface area contributed by atoms with E-state index in [1.807, 2.05) is 30.3 Å². The summed E-state index contributed by atoms with van der Waals surface area (Å²) in [6.07, 6.45) is 0.482. The molecule has 0 saturated heterocycles. The third-order valence-electron chi connectivity index (χ3n) is 3.99. The van der Waals surface area contributed by atoms with Crippen molar-refractivity contribution in [3.8, 4) is 11.5 Å². The molecule has 6 heteroatoms. The van der Waals surface area contributed by atoms with Gasteiger partial charge in [-0.25, -0.2) is 4.79 Å². The molecular formula is C20H23NO5. The number of aliphatic carboxylic acids is 1. The lowest BCUT2D eigenvalue weighted by molar-refractivity contribution is -0.142. The molecule has 0 spiro atoms. The highest BCUT2D eigenvalue weighted by Crippen LogP contribution is 2.19. The van der Waals surface area contributed by atoms with Gasteiger partial charge < -0.3 is 19.9 Å². The Hall–Kier alpha value is -3.02. The fourth-order valence-electron chi connectivity index (χ4n) is 2.37. The van der Waals surface area contributed by atoms with Gasteiger partial charge >= 0.3 is 5.97 Å². The van der Waals surface area contributed by atoms with Crippen LogP contribution < -0.4 is 14.8 Å². The van der Waals surface area contributed by atoms with Crippen LogP contribution in [0.15, 0.2) is 54.6 Å². The average molecular weight is 357 g/mol. The Labute approximate surface area is 152 Å².